The van der Waals surface area contributed by atoms with Gasteiger partial charge in [-0.2, -0.15) is 0 Å². The number of amides is 3. The molecular formula is C39H61N3O6. The first-order chi connectivity index (χ1) is 23.2. The highest BCUT2D eigenvalue weighted by atomic mass is 16.6. The Morgan fingerprint density at radius 3 is 1.81 bits per heavy atom. The Labute approximate surface area is 290 Å². The van der Waals surface area contributed by atoms with Crippen LogP contribution in [-0.2, 0) is 23.9 Å². The van der Waals surface area contributed by atoms with Gasteiger partial charge in [-0.05, 0) is 77.6 Å². The summed E-state index contributed by atoms with van der Waals surface area (Å²) in [7, 11) is 1.50. The minimum atomic E-state index is -0.463. The topological polar surface area (TPSA) is 114 Å². The molecule has 0 spiro atoms. The Bertz CT molecular complexity index is 1100. The predicted molar refractivity (Wildman–Crippen MR) is 196 cm³/mol. The summed E-state index contributed by atoms with van der Waals surface area (Å²) in [5.74, 6) is 0.621. The van der Waals surface area contributed by atoms with Gasteiger partial charge in [-0.3, -0.25) is 19.3 Å². The van der Waals surface area contributed by atoms with Crippen molar-refractivity contribution in [2.45, 2.75) is 117 Å². The fourth-order valence-electron chi connectivity index (χ4n) is 4.16. The van der Waals surface area contributed by atoms with Crippen molar-refractivity contribution in [2.75, 3.05) is 13.7 Å². The van der Waals surface area contributed by atoms with Crippen molar-refractivity contribution in [2.24, 2.45) is 5.92 Å². The van der Waals surface area contributed by atoms with Crippen molar-refractivity contribution in [3.63, 3.8) is 0 Å². The third kappa shape index (κ3) is 24.2. The van der Waals surface area contributed by atoms with E-state index in [9.17, 15) is 19.2 Å². The summed E-state index contributed by atoms with van der Waals surface area (Å²) in [5.41, 5.74) is 0.416. The lowest BCUT2D eigenvalue weighted by Gasteiger charge is -2.25. The van der Waals surface area contributed by atoms with Crippen molar-refractivity contribution in [3.8, 4) is 0 Å². The Balaban J connectivity index is 0.00000100. The highest BCUT2D eigenvalue weighted by Crippen LogP contribution is 2.23. The average molecular weight is 668 g/mol. The molecule has 1 aliphatic rings. The van der Waals surface area contributed by atoms with Crippen molar-refractivity contribution in [3.05, 3.63) is 84.7 Å². The number of aldehydes is 1. The Hall–Kier alpha value is -3.98. The molecule has 3 atom stereocenters. The zero-order chi connectivity index (χ0) is 35.8. The third-order valence-corrected chi connectivity index (χ3v) is 7.25. The van der Waals surface area contributed by atoms with Crippen LogP contribution < -0.4 is 10.6 Å². The summed E-state index contributed by atoms with van der Waals surface area (Å²) in [6.45, 7) is 10.6. The van der Waals surface area contributed by atoms with Gasteiger partial charge in [0.1, 0.15) is 19.1 Å². The molecule has 1 rings (SSSR count). The highest BCUT2D eigenvalue weighted by molar-refractivity contribution is 5.78. The minimum absolute atomic E-state index is 0.144. The summed E-state index contributed by atoms with van der Waals surface area (Å²) in [6.07, 6.45) is 36.4. The first-order valence-corrected chi connectivity index (χ1v) is 17.2. The number of nitrogens with zero attached hydrogens (tertiary/aromatic N) is 1. The van der Waals surface area contributed by atoms with Crippen LogP contribution in [0.25, 0.3) is 0 Å². The Morgan fingerprint density at radius 2 is 1.35 bits per heavy atom. The van der Waals surface area contributed by atoms with Gasteiger partial charge in [0, 0.05) is 31.3 Å². The molecule has 0 aliphatic carbocycles. The molecule has 0 bridgehead atoms. The van der Waals surface area contributed by atoms with Crippen molar-refractivity contribution in [1.82, 2.24) is 15.5 Å². The average Bonchev–Trinajstić information content (AvgIpc) is 3.55. The van der Waals surface area contributed by atoms with E-state index in [1.807, 2.05) is 0 Å². The fraction of sp³-hybridized carbons (Fsp3) is 0.538. The van der Waals surface area contributed by atoms with Gasteiger partial charge < -0.3 is 20.1 Å². The molecule has 0 saturated carbocycles. The van der Waals surface area contributed by atoms with Crippen LogP contribution in [0.15, 0.2) is 84.7 Å². The Kier molecular flexibility index (Phi) is 27.8. The zero-order valence-electron chi connectivity index (χ0n) is 30.1. The second-order valence-corrected chi connectivity index (χ2v) is 11.7. The monoisotopic (exact) mass is 667 g/mol. The van der Waals surface area contributed by atoms with E-state index < -0.39 is 6.23 Å². The second-order valence-electron chi connectivity index (χ2n) is 11.7. The number of carbonyl (C=O) groups is 4. The SMILES string of the molecule is CC/C=C\C/C=C\C/C=C\C/C=C\C/C=C\C/C=C\CCC(=O)NC(C)C(C)C.CNC(=O)N(/C=C(/C)C=O)C1CCC(COC=O)O1. The first kappa shape index (κ1) is 44.0. The van der Waals surface area contributed by atoms with E-state index in [0.717, 1.165) is 44.9 Å². The van der Waals surface area contributed by atoms with Crippen molar-refractivity contribution < 1.29 is 28.7 Å². The molecule has 0 aromatic carbocycles. The third-order valence-electron chi connectivity index (χ3n) is 7.25. The maximum atomic E-state index is 11.8. The summed E-state index contributed by atoms with van der Waals surface area (Å²) in [5, 5.41) is 5.52. The van der Waals surface area contributed by atoms with Gasteiger partial charge in [0.05, 0.1) is 6.10 Å². The van der Waals surface area contributed by atoms with E-state index in [4.69, 9.17) is 4.74 Å². The van der Waals surface area contributed by atoms with Crippen molar-refractivity contribution in [1.29, 1.82) is 0 Å². The molecule has 0 aromatic heterocycles. The Morgan fingerprint density at radius 1 is 0.833 bits per heavy atom. The maximum absolute atomic E-state index is 11.8. The van der Waals surface area contributed by atoms with E-state index in [1.165, 1.54) is 18.1 Å². The standard InChI is InChI=1S/C27H43NO.C12H18N2O5/c1-5-6-7-8-9-10-11-12-13-14-15-16-17-18-19-20-21-22-23-24-27(29)28-26(4)25(2)3;1-9(6-15)5-14(12(17)13-2)11-4-3-10(19-11)7-18-8-16/h6-7,9-10,12-13,15-16,18-19,21-22,25-26H,5,8,11,14,17,20,23-24H2,1-4H3,(H,28,29);5-6,8,10-11H,3-4,7H2,1-2H3,(H,13,17)/b7-6-,10-9-,13-12-,16-15-,19-18-,22-21-;9-5-. The van der Waals surface area contributed by atoms with E-state index in [-0.39, 0.29) is 30.7 Å². The van der Waals surface area contributed by atoms with Gasteiger partial charge >= 0.3 is 6.03 Å². The molecule has 3 unspecified atom stereocenters. The second kappa shape index (κ2) is 30.4. The lowest BCUT2D eigenvalue weighted by molar-refractivity contribution is -0.133. The van der Waals surface area contributed by atoms with Gasteiger partial charge in [-0.25, -0.2) is 4.79 Å². The number of hydrogen-bond donors (Lipinski definition) is 2. The largest absolute Gasteiger partial charge is 0.465 e. The fourth-order valence-corrected chi connectivity index (χ4v) is 4.16. The van der Waals surface area contributed by atoms with E-state index >= 15 is 0 Å². The molecule has 1 heterocycles. The van der Waals surface area contributed by atoms with Gasteiger partial charge in [-0.1, -0.05) is 93.7 Å². The quantitative estimate of drug-likeness (QED) is 0.0687. The van der Waals surface area contributed by atoms with E-state index in [1.54, 1.807) is 6.92 Å². The van der Waals surface area contributed by atoms with Crippen LogP contribution in [0.1, 0.15) is 98.8 Å². The van der Waals surface area contributed by atoms with Crippen LogP contribution >= 0.6 is 0 Å². The van der Waals surface area contributed by atoms with Gasteiger partial charge in [0.2, 0.25) is 5.91 Å². The van der Waals surface area contributed by atoms with Crippen LogP contribution in [-0.4, -0.2) is 61.6 Å². The maximum Gasteiger partial charge on any atom is 0.323 e. The van der Waals surface area contributed by atoms with E-state index in [0.29, 0.717) is 43.5 Å². The predicted octanol–water partition coefficient (Wildman–Crippen LogP) is 8.03. The van der Waals surface area contributed by atoms with Crippen LogP contribution in [0, 0.1) is 5.92 Å². The number of allylic oxidation sites excluding steroid dienone is 13. The molecule has 0 aromatic rings. The zero-order valence-corrected chi connectivity index (χ0v) is 30.1. The summed E-state index contributed by atoms with van der Waals surface area (Å²) in [6, 6.07) is -0.115. The summed E-state index contributed by atoms with van der Waals surface area (Å²) < 4.78 is 10.3. The summed E-state index contributed by atoms with van der Waals surface area (Å²) in [4.78, 5) is 45.6. The smallest absolute Gasteiger partial charge is 0.323 e. The lowest BCUT2D eigenvalue weighted by Crippen LogP contribution is -2.42. The number of hydrogen-bond acceptors (Lipinski definition) is 6. The molecule has 2 N–H and O–H groups in total. The first-order valence-electron chi connectivity index (χ1n) is 17.2. The van der Waals surface area contributed by atoms with Gasteiger partial charge in [0.25, 0.3) is 6.47 Å². The summed E-state index contributed by atoms with van der Waals surface area (Å²) >= 11 is 0. The molecule has 268 valence electrons. The number of rotatable bonds is 22. The number of carbonyl (C=O) groups excluding carboxylic acids is 4. The van der Waals surface area contributed by atoms with E-state index in [2.05, 4.69) is 116 Å². The van der Waals surface area contributed by atoms with Gasteiger partial charge in [-0.15, -0.1) is 0 Å². The van der Waals surface area contributed by atoms with Crippen LogP contribution in [0.3, 0.4) is 0 Å². The molecule has 1 aliphatic heterocycles. The molecule has 9 nitrogen and oxygen atoms in total. The lowest BCUT2D eigenvalue weighted by atomic mass is 10.1. The van der Waals surface area contributed by atoms with Crippen molar-refractivity contribution >= 4 is 24.7 Å². The minimum Gasteiger partial charge on any atom is -0.465 e. The van der Waals surface area contributed by atoms with Gasteiger partial charge in [0.15, 0.2) is 0 Å². The number of ether oxygens (including phenoxy) is 2. The highest BCUT2D eigenvalue weighted by Gasteiger charge is 2.32. The molecule has 0 radical (unpaired) electrons. The number of nitrogens with one attached hydrogen (secondary N) is 2. The number of urea groups is 1. The molecule has 1 saturated heterocycles. The molecule has 48 heavy (non-hydrogen) atoms. The molecule has 1 fully saturated rings. The van der Waals surface area contributed by atoms with Crippen LogP contribution in [0.4, 0.5) is 4.79 Å². The molecule has 9 heteroatoms. The molecular weight excluding hydrogens is 606 g/mol. The van der Waals surface area contributed by atoms with Crippen LogP contribution in [0.5, 0.6) is 0 Å². The molecule has 3 amide bonds. The van der Waals surface area contributed by atoms with Crippen LogP contribution in [0.2, 0.25) is 0 Å². The normalized spacial score (nSPS) is 17.5.